The van der Waals surface area contributed by atoms with E-state index in [0.717, 1.165) is 22.3 Å². The lowest BCUT2D eigenvalue weighted by Gasteiger charge is -2.55. The van der Waals surface area contributed by atoms with Gasteiger partial charge in [0.1, 0.15) is 61.5 Å². The zero-order valence-electron chi connectivity index (χ0n) is 58.0. The van der Waals surface area contributed by atoms with E-state index in [-0.39, 0.29) is 70.4 Å². The van der Waals surface area contributed by atoms with Crippen molar-refractivity contribution in [1.29, 1.82) is 0 Å². The molecule has 3 saturated heterocycles. The Bertz CT molecular complexity index is 2570. The Kier molecular flexibility index (Phi) is 22.4. The van der Waals surface area contributed by atoms with Crippen molar-refractivity contribution < 1.29 is 70.0 Å². The number of ether oxygens (including phenoxy) is 7. The number of carboxylic acids is 1. The standard InChI is InChI=1S/C65H115NO15Si5/c1-60(2,3)82(18,19)72-40-48-50-52(78-65(16,17)77-50)54(57(74-48)70-38-32-37-47(56(67)68)66-59(69)71-39-46-44-35-30-28-33-42(44)43-34-29-31-36-45(43)46)76-58-55(81-86(26,27)64(13,14)15)53(80-85(24,25)63(10,11)12)51(79-84(22,23)62(7,8)9)49(75-58)41-73-83(20,21)61(4,5)6/h28-31,33-36,46-55,57-58H,32,37-41H2,1-27H3,(H,66,69)(H,67,68)/t47-,48+,49+,50-,51+,52-,53-,54+,55+,57+,58+/m0/s1. The van der Waals surface area contributed by atoms with Gasteiger partial charge in [0, 0.05) is 12.5 Å². The van der Waals surface area contributed by atoms with Crippen LogP contribution in [0.2, 0.25) is 90.7 Å². The lowest BCUT2D eigenvalue weighted by atomic mass is 9.97. The maximum atomic E-state index is 13.5. The summed E-state index contributed by atoms with van der Waals surface area (Å²) in [7, 11) is -12.7. The third kappa shape index (κ3) is 16.9. The summed E-state index contributed by atoms with van der Waals surface area (Å²) in [6.45, 7) is 60.3. The van der Waals surface area contributed by atoms with Crippen LogP contribution >= 0.6 is 0 Å². The van der Waals surface area contributed by atoms with Gasteiger partial charge >= 0.3 is 12.1 Å². The van der Waals surface area contributed by atoms with Gasteiger partial charge in [-0.1, -0.05) is 152 Å². The van der Waals surface area contributed by atoms with E-state index in [1.54, 1.807) is 0 Å². The van der Waals surface area contributed by atoms with Gasteiger partial charge in [-0.2, -0.15) is 0 Å². The molecule has 3 aliphatic heterocycles. The lowest BCUT2D eigenvalue weighted by molar-refractivity contribution is -0.355. The molecule has 3 heterocycles. The molecule has 11 atom stereocenters. The number of nitrogens with one attached hydrogen (secondary N) is 1. The van der Waals surface area contributed by atoms with E-state index in [0.29, 0.717) is 0 Å². The summed E-state index contributed by atoms with van der Waals surface area (Å²) in [5.74, 6) is -2.45. The number of rotatable bonds is 23. The van der Waals surface area contributed by atoms with E-state index < -0.39 is 127 Å². The molecule has 0 bridgehead atoms. The van der Waals surface area contributed by atoms with Crippen LogP contribution in [-0.4, -0.2) is 158 Å². The molecule has 3 fully saturated rings. The largest absolute Gasteiger partial charge is 0.480 e. The number of aliphatic carboxylic acids is 1. The van der Waals surface area contributed by atoms with Crippen LogP contribution in [0.15, 0.2) is 48.5 Å². The summed E-state index contributed by atoms with van der Waals surface area (Å²) in [4.78, 5) is 26.4. The fraction of sp³-hybridized carbons (Fsp3) is 0.785. The number of hydrogen-bond donors (Lipinski definition) is 2. The maximum Gasteiger partial charge on any atom is 0.407 e. The van der Waals surface area contributed by atoms with Crippen LogP contribution in [0, 0.1) is 0 Å². The normalized spacial score (nSPS) is 26.6. The predicted molar refractivity (Wildman–Crippen MR) is 353 cm³/mol. The molecule has 0 aromatic heterocycles. The Morgan fingerprint density at radius 2 is 0.965 bits per heavy atom. The van der Waals surface area contributed by atoms with Crippen molar-refractivity contribution >= 4 is 53.6 Å². The summed E-state index contributed by atoms with van der Waals surface area (Å²) < 4.78 is 86.1. The Morgan fingerprint density at radius 3 is 1.43 bits per heavy atom. The number of alkyl carbamates (subject to hydrolysis) is 1. The van der Waals surface area contributed by atoms with Gasteiger partial charge in [0.15, 0.2) is 60.0 Å². The van der Waals surface area contributed by atoms with Gasteiger partial charge in [-0.25, -0.2) is 9.59 Å². The number of carbonyl (C=O) groups excluding carboxylic acids is 1. The average Bonchev–Trinajstić information content (AvgIpc) is 1.26. The highest BCUT2D eigenvalue weighted by molar-refractivity contribution is 6.76. The molecule has 86 heavy (non-hydrogen) atoms. The molecule has 6 rings (SSSR count). The monoisotopic (exact) mass is 1290 g/mol. The first-order chi connectivity index (χ1) is 39.0. The van der Waals surface area contributed by atoms with Crippen molar-refractivity contribution in [1.82, 2.24) is 5.32 Å². The minimum absolute atomic E-state index is 0.0239. The number of carboxylic acid groups (broad SMARTS) is 1. The van der Waals surface area contributed by atoms with Crippen molar-refractivity contribution in [2.24, 2.45) is 0 Å². The van der Waals surface area contributed by atoms with Crippen LogP contribution in [-0.2, 0) is 60.1 Å². The molecular weight excluding hydrogens is 1180 g/mol. The van der Waals surface area contributed by atoms with E-state index in [9.17, 15) is 14.7 Å². The fourth-order valence-electron chi connectivity index (χ4n) is 10.0. The van der Waals surface area contributed by atoms with Crippen LogP contribution in [0.3, 0.4) is 0 Å². The summed E-state index contributed by atoms with van der Waals surface area (Å²) in [6.07, 6.45) is -8.64. The van der Waals surface area contributed by atoms with Crippen LogP contribution in [0.25, 0.3) is 11.1 Å². The molecule has 2 aromatic carbocycles. The number of fused-ring (bicyclic) bond motifs is 4. The number of benzene rings is 2. The highest BCUT2D eigenvalue weighted by Gasteiger charge is 2.62. The van der Waals surface area contributed by atoms with Crippen LogP contribution < -0.4 is 5.32 Å². The van der Waals surface area contributed by atoms with Crippen LogP contribution in [0.4, 0.5) is 4.79 Å². The summed E-state index contributed by atoms with van der Waals surface area (Å²) in [5, 5.41) is 12.3. The Balaban J connectivity index is 1.39. The molecule has 1 aliphatic carbocycles. The van der Waals surface area contributed by atoms with E-state index in [1.807, 2.05) is 50.2 Å². The number of amides is 1. The minimum Gasteiger partial charge on any atom is -0.480 e. The highest BCUT2D eigenvalue weighted by Crippen LogP contribution is 2.50. The zero-order valence-corrected chi connectivity index (χ0v) is 63.0. The second kappa shape index (κ2) is 26.4. The van der Waals surface area contributed by atoms with Crippen molar-refractivity contribution in [2.45, 2.75) is 300 Å². The van der Waals surface area contributed by atoms with Crippen LogP contribution in [0.1, 0.15) is 148 Å². The fourth-order valence-corrected chi connectivity index (χ4v) is 16.0. The first-order valence-electron chi connectivity index (χ1n) is 31.6. The van der Waals surface area contributed by atoms with Gasteiger partial charge in [-0.3, -0.25) is 0 Å². The second-order valence-electron chi connectivity index (χ2n) is 32.8. The first kappa shape index (κ1) is 72.9. The third-order valence-corrected chi connectivity index (χ3v) is 43.1. The van der Waals surface area contributed by atoms with Crippen molar-refractivity contribution in [3.63, 3.8) is 0 Å². The third-order valence-electron chi connectivity index (χ3n) is 20.7. The molecular formula is C65H115NO15Si5. The molecule has 4 aliphatic rings. The predicted octanol–water partition coefficient (Wildman–Crippen LogP) is 15.3. The lowest BCUT2D eigenvalue weighted by Crippen LogP contribution is -2.70. The maximum absolute atomic E-state index is 13.5. The minimum atomic E-state index is -2.71. The van der Waals surface area contributed by atoms with Crippen molar-refractivity contribution in [3.8, 4) is 11.1 Å². The summed E-state index contributed by atoms with van der Waals surface area (Å²) in [5.41, 5.74) is 4.30. The van der Waals surface area contributed by atoms with E-state index in [1.165, 1.54) is 0 Å². The molecule has 2 N–H and O–H groups in total. The van der Waals surface area contributed by atoms with E-state index in [2.05, 4.69) is 187 Å². The van der Waals surface area contributed by atoms with Crippen molar-refractivity contribution in [2.75, 3.05) is 26.4 Å². The van der Waals surface area contributed by atoms with Gasteiger partial charge in [0.05, 0.1) is 13.2 Å². The molecule has 21 heteroatoms. The zero-order chi connectivity index (χ0) is 65.0. The van der Waals surface area contributed by atoms with Gasteiger partial charge in [0.25, 0.3) is 0 Å². The van der Waals surface area contributed by atoms with Gasteiger partial charge in [0.2, 0.25) is 0 Å². The Hall–Kier alpha value is -2.18. The van der Waals surface area contributed by atoms with E-state index in [4.69, 9.17) is 55.3 Å². The van der Waals surface area contributed by atoms with Gasteiger partial charge < -0.3 is 65.7 Å². The first-order valence-corrected chi connectivity index (χ1v) is 46.1. The summed E-state index contributed by atoms with van der Waals surface area (Å²) >= 11 is 0. The summed E-state index contributed by atoms with van der Waals surface area (Å²) in [6, 6.07) is 14.9. The number of hydrogen-bond acceptors (Lipinski definition) is 14. The highest BCUT2D eigenvalue weighted by atomic mass is 28.4. The average molecular weight is 1290 g/mol. The Morgan fingerprint density at radius 1 is 0.547 bits per heavy atom. The van der Waals surface area contributed by atoms with Crippen LogP contribution in [0.5, 0.6) is 0 Å². The molecule has 0 spiro atoms. The topological polar surface area (TPSA) is 177 Å². The molecule has 490 valence electrons. The number of carbonyl (C=O) groups is 2. The quantitative estimate of drug-likeness (QED) is 0.0793. The molecule has 0 radical (unpaired) electrons. The van der Waals surface area contributed by atoms with Crippen molar-refractivity contribution in [3.05, 3.63) is 59.7 Å². The molecule has 16 nitrogen and oxygen atoms in total. The SMILES string of the molecule is CC1(C)O[C@H]2[C@@H](O1)[C@@H](CO[Si](C)(C)C(C)(C)C)O[C@@H](OCCC[C@H](NC(=O)OCC1c3ccccc3-c3ccccc31)C(=O)O)[C@@H]2O[C@H]1O[C@H](CO[Si](C)(C)C(C)(C)C)[C@@H](O[Si](C)(C)C(C)(C)C)[C@H](O[Si](C)(C)C(C)(C)C)[C@H]1O[Si](C)(C)C(C)(C)C. The molecule has 2 aromatic rings. The molecule has 0 saturated carbocycles. The second-order valence-corrected chi connectivity index (χ2v) is 56.7. The molecule has 1 amide bonds. The Labute approximate surface area is 523 Å². The van der Waals surface area contributed by atoms with Gasteiger partial charge in [-0.15, -0.1) is 0 Å². The van der Waals surface area contributed by atoms with Gasteiger partial charge in [-0.05, 0) is 140 Å². The van der Waals surface area contributed by atoms with E-state index >= 15 is 0 Å². The smallest absolute Gasteiger partial charge is 0.407 e. The molecule has 0 unspecified atom stereocenters.